The number of amides is 1. The Morgan fingerprint density at radius 1 is 1.40 bits per heavy atom. The van der Waals surface area contributed by atoms with Gasteiger partial charge in [-0.1, -0.05) is 41.1 Å². The van der Waals surface area contributed by atoms with E-state index in [1.165, 1.54) is 11.3 Å². The van der Waals surface area contributed by atoms with Crippen molar-refractivity contribution in [1.82, 2.24) is 15.1 Å². The second kappa shape index (κ2) is 6.19. The van der Waals surface area contributed by atoms with E-state index in [2.05, 4.69) is 15.5 Å². The SMILES string of the molecule is CNc1nnc(C(=O)N(C)C(C)c2ccccc2Cl)s1. The van der Waals surface area contributed by atoms with Crippen LogP contribution in [0.4, 0.5) is 5.13 Å². The summed E-state index contributed by atoms with van der Waals surface area (Å²) >= 11 is 7.40. The quantitative estimate of drug-likeness (QED) is 0.943. The molecule has 1 amide bonds. The van der Waals surface area contributed by atoms with E-state index in [1.807, 2.05) is 31.2 Å². The van der Waals surface area contributed by atoms with Gasteiger partial charge in [-0.25, -0.2) is 0 Å². The Morgan fingerprint density at radius 2 is 2.10 bits per heavy atom. The minimum absolute atomic E-state index is 0.141. The van der Waals surface area contributed by atoms with E-state index in [9.17, 15) is 4.79 Å². The molecule has 0 bridgehead atoms. The van der Waals surface area contributed by atoms with Gasteiger partial charge in [-0.2, -0.15) is 0 Å². The number of nitrogens with one attached hydrogen (secondary N) is 1. The molecule has 7 heteroatoms. The molecule has 106 valence electrons. The molecule has 1 aromatic heterocycles. The first-order valence-corrected chi connectivity index (χ1v) is 7.27. The molecule has 20 heavy (non-hydrogen) atoms. The van der Waals surface area contributed by atoms with Crippen LogP contribution >= 0.6 is 22.9 Å². The first kappa shape index (κ1) is 14.7. The molecule has 0 saturated carbocycles. The fourth-order valence-corrected chi connectivity index (χ4v) is 2.73. The number of rotatable bonds is 4. The fraction of sp³-hybridized carbons (Fsp3) is 0.308. The first-order valence-electron chi connectivity index (χ1n) is 6.07. The van der Waals surface area contributed by atoms with Gasteiger partial charge in [-0.05, 0) is 18.6 Å². The van der Waals surface area contributed by atoms with Crippen LogP contribution in [0.25, 0.3) is 0 Å². The predicted molar refractivity (Wildman–Crippen MR) is 81.4 cm³/mol. The minimum Gasteiger partial charge on any atom is -0.363 e. The van der Waals surface area contributed by atoms with Crippen LogP contribution < -0.4 is 5.32 Å². The highest BCUT2D eigenvalue weighted by molar-refractivity contribution is 7.17. The summed E-state index contributed by atoms with van der Waals surface area (Å²) in [6, 6.07) is 7.36. The maximum atomic E-state index is 12.4. The van der Waals surface area contributed by atoms with Crippen LogP contribution in [-0.2, 0) is 0 Å². The number of nitrogens with zero attached hydrogens (tertiary/aromatic N) is 3. The van der Waals surface area contributed by atoms with Crippen molar-refractivity contribution in [3.05, 3.63) is 39.9 Å². The lowest BCUT2D eigenvalue weighted by Crippen LogP contribution is -2.29. The van der Waals surface area contributed by atoms with Gasteiger partial charge in [-0.15, -0.1) is 10.2 Å². The van der Waals surface area contributed by atoms with Gasteiger partial charge >= 0.3 is 0 Å². The average Bonchev–Trinajstić information content (AvgIpc) is 2.94. The molecule has 0 spiro atoms. The van der Waals surface area contributed by atoms with Gasteiger partial charge in [0.1, 0.15) is 0 Å². The van der Waals surface area contributed by atoms with Crippen molar-refractivity contribution in [2.75, 3.05) is 19.4 Å². The van der Waals surface area contributed by atoms with Crippen LogP contribution in [-0.4, -0.2) is 35.1 Å². The third kappa shape index (κ3) is 2.91. The van der Waals surface area contributed by atoms with Gasteiger partial charge in [0, 0.05) is 19.1 Å². The molecule has 5 nitrogen and oxygen atoms in total. The fourth-order valence-electron chi connectivity index (χ4n) is 1.76. The second-order valence-electron chi connectivity index (χ2n) is 4.28. The van der Waals surface area contributed by atoms with Crippen LogP contribution in [0.15, 0.2) is 24.3 Å². The summed E-state index contributed by atoms with van der Waals surface area (Å²) in [4.78, 5) is 14.0. The first-order chi connectivity index (χ1) is 9.54. The molecule has 0 aliphatic heterocycles. The number of anilines is 1. The lowest BCUT2D eigenvalue weighted by atomic mass is 10.1. The van der Waals surface area contributed by atoms with E-state index in [-0.39, 0.29) is 11.9 Å². The van der Waals surface area contributed by atoms with Crippen molar-refractivity contribution in [2.24, 2.45) is 0 Å². The molecule has 0 saturated heterocycles. The largest absolute Gasteiger partial charge is 0.363 e. The third-order valence-corrected chi connectivity index (χ3v) is 4.35. The van der Waals surface area contributed by atoms with Gasteiger partial charge in [-0.3, -0.25) is 4.79 Å². The Labute approximate surface area is 126 Å². The van der Waals surface area contributed by atoms with Gasteiger partial charge in [0.15, 0.2) is 0 Å². The van der Waals surface area contributed by atoms with Crippen molar-refractivity contribution in [3.63, 3.8) is 0 Å². The monoisotopic (exact) mass is 310 g/mol. The smallest absolute Gasteiger partial charge is 0.285 e. The van der Waals surface area contributed by atoms with E-state index >= 15 is 0 Å². The van der Waals surface area contributed by atoms with Crippen LogP contribution in [0, 0.1) is 0 Å². The van der Waals surface area contributed by atoms with E-state index < -0.39 is 0 Å². The number of carbonyl (C=O) groups is 1. The predicted octanol–water partition coefficient (Wildman–Crippen LogP) is 3.07. The summed E-state index contributed by atoms with van der Waals surface area (Å²) in [5.74, 6) is -0.170. The molecule has 0 aliphatic rings. The Kier molecular flexibility index (Phi) is 4.57. The number of carbonyl (C=O) groups excluding carboxylic acids is 1. The van der Waals surface area contributed by atoms with Crippen LogP contribution in [0.5, 0.6) is 0 Å². The summed E-state index contributed by atoms with van der Waals surface area (Å²) in [7, 11) is 3.47. The van der Waals surface area contributed by atoms with Gasteiger partial charge < -0.3 is 10.2 Å². The minimum atomic E-state index is -0.170. The Hall–Kier alpha value is -1.66. The molecule has 1 heterocycles. The topological polar surface area (TPSA) is 58.1 Å². The molecule has 1 atom stereocenters. The molecule has 1 N–H and O–H groups in total. The van der Waals surface area contributed by atoms with Crippen LogP contribution in [0.2, 0.25) is 5.02 Å². The third-order valence-electron chi connectivity index (χ3n) is 3.08. The van der Waals surface area contributed by atoms with Crippen molar-refractivity contribution in [3.8, 4) is 0 Å². The zero-order chi connectivity index (χ0) is 14.7. The second-order valence-corrected chi connectivity index (χ2v) is 5.66. The summed E-state index contributed by atoms with van der Waals surface area (Å²) in [6.45, 7) is 1.93. The van der Waals surface area contributed by atoms with Crippen molar-refractivity contribution < 1.29 is 4.79 Å². The molecule has 0 fully saturated rings. The maximum Gasteiger partial charge on any atom is 0.285 e. The molecule has 2 rings (SSSR count). The number of hydrogen-bond acceptors (Lipinski definition) is 5. The van der Waals surface area contributed by atoms with E-state index in [4.69, 9.17) is 11.6 Å². The van der Waals surface area contributed by atoms with Crippen molar-refractivity contribution >= 4 is 34.0 Å². The zero-order valence-electron chi connectivity index (χ0n) is 11.4. The molecule has 1 unspecified atom stereocenters. The molecular weight excluding hydrogens is 296 g/mol. The highest BCUT2D eigenvalue weighted by atomic mass is 35.5. The molecule has 1 aromatic carbocycles. The van der Waals surface area contributed by atoms with E-state index in [1.54, 1.807) is 19.0 Å². The molecule has 0 radical (unpaired) electrons. The van der Waals surface area contributed by atoms with Gasteiger partial charge in [0.2, 0.25) is 10.1 Å². The van der Waals surface area contributed by atoms with E-state index in [0.29, 0.717) is 15.2 Å². The number of halogens is 1. The van der Waals surface area contributed by atoms with Crippen molar-refractivity contribution in [2.45, 2.75) is 13.0 Å². The lowest BCUT2D eigenvalue weighted by molar-refractivity contribution is 0.0741. The number of hydrogen-bond donors (Lipinski definition) is 1. The Morgan fingerprint density at radius 3 is 2.70 bits per heavy atom. The van der Waals surface area contributed by atoms with Crippen LogP contribution in [0.3, 0.4) is 0 Å². The summed E-state index contributed by atoms with van der Waals surface area (Å²) in [6.07, 6.45) is 0. The van der Waals surface area contributed by atoms with Crippen molar-refractivity contribution in [1.29, 1.82) is 0 Å². The van der Waals surface area contributed by atoms with E-state index in [0.717, 1.165) is 5.56 Å². The van der Waals surface area contributed by atoms with Gasteiger partial charge in [0.05, 0.1) is 6.04 Å². The summed E-state index contributed by atoms with van der Waals surface area (Å²) < 4.78 is 0. The standard InChI is InChI=1S/C13H15ClN4OS/c1-8(9-6-4-5-7-10(9)14)18(3)12(19)11-16-17-13(15-2)20-11/h4-8H,1-3H3,(H,15,17). The summed E-state index contributed by atoms with van der Waals surface area (Å²) in [5, 5.41) is 12.2. The molecular formula is C13H15ClN4OS. The van der Waals surface area contributed by atoms with Crippen LogP contribution in [0.1, 0.15) is 28.3 Å². The average molecular weight is 311 g/mol. The summed E-state index contributed by atoms with van der Waals surface area (Å²) in [5.41, 5.74) is 0.906. The zero-order valence-corrected chi connectivity index (χ0v) is 13.0. The normalized spacial score (nSPS) is 12.0. The number of benzene rings is 1. The van der Waals surface area contributed by atoms with Gasteiger partial charge in [0.25, 0.3) is 5.91 Å². The number of aromatic nitrogens is 2. The highest BCUT2D eigenvalue weighted by Gasteiger charge is 2.23. The lowest BCUT2D eigenvalue weighted by Gasteiger charge is -2.25. The highest BCUT2D eigenvalue weighted by Crippen LogP contribution is 2.28. The Balaban J connectivity index is 2.20. The Bertz CT molecular complexity index is 616. The molecule has 0 aliphatic carbocycles. The molecule has 2 aromatic rings. The maximum absolute atomic E-state index is 12.4.